The fourth-order valence-electron chi connectivity index (χ4n) is 2.48. The molecule has 2 aliphatic rings. The molecular weight excluding hydrogens is 208 g/mol. The van der Waals surface area contributed by atoms with E-state index >= 15 is 0 Å². The summed E-state index contributed by atoms with van der Waals surface area (Å²) in [6, 6.07) is 0. The van der Waals surface area contributed by atoms with E-state index in [1.807, 2.05) is 0 Å². The topological polar surface area (TPSA) is 44.8 Å². The Kier molecular flexibility index (Phi) is 4.18. The number of hydrogen-bond acceptors (Lipinski definition) is 4. The van der Waals surface area contributed by atoms with Gasteiger partial charge in [-0.05, 0) is 38.5 Å². The molecule has 4 heteroatoms. The molecule has 0 radical (unpaired) electrons. The van der Waals surface area contributed by atoms with Crippen LogP contribution in [0.2, 0.25) is 0 Å². The number of esters is 1. The van der Waals surface area contributed by atoms with Gasteiger partial charge in [0.15, 0.2) is 6.29 Å². The number of carbonyl (C=O) groups is 1. The van der Waals surface area contributed by atoms with E-state index in [9.17, 15) is 4.79 Å². The zero-order chi connectivity index (χ0) is 11.4. The van der Waals surface area contributed by atoms with Gasteiger partial charge in [-0.3, -0.25) is 4.79 Å². The van der Waals surface area contributed by atoms with Crippen LogP contribution in [0.25, 0.3) is 0 Å². The van der Waals surface area contributed by atoms with Gasteiger partial charge < -0.3 is 14.2 Å². The number of hydrogen-bond donors (Lipinski definition) is 0. The van der Waals surface area contributed by atoms with Crippen LogP contribution in [0, 0.1) is 5.92 Å². The van der Waals surface area contributed by atoms with Crippen LogP contribution in [0.15, 0.2) is 0 Å². The van der Waals surface area contributed by atoms with Crippen molar-refractivity contribution < 1.29 is 19.0 Å². The van der Waals surface area contributed by atoms with Crippen molar-refractivity contribution in [1.82, 2.24) is 0 Å². The van der Waals surface area contributed by atoms with E-state index in [1.54, 1.807) is 0 Å². The minimum absolute atomic E-state index is 0.0265. The average Bonchev–Trinajstić information content (AvgIpc) is 2.78. The molecule has 1 saturated heterocycles. The van der Waals surface area contributed by atoms with Crippen molar-refractivity contribution in [3.05, 3.63) is 0 Å². The van der Waals surface area contributed by atoms with Crippen molar-refractivity contribution in [3.63, 3.8) is 0 Å². The van der Waals surface area contributed by atoms with E-state index < -0.39 is 0 Å². The third-order valence-electron chi connectivity index (χ3n) is 3.40. The number of ether oxygens (including phenoxy) is 3. The van der Waals surface area contributed by atoms with Gasteiger partial charge in [0.2, 0.25) is 0 Å². The summed E-state index contributed by atoms with van der Waals surface area (Å²) < 4.78 is 16.1. The molecule has 2 fully saturated rings. The lowest BCUT2D eigenvalue weighted by molar-refractivity contribution is -0.187. The van der Waals surface area contributed by atoms with Crippen molar-refractivity contribution >= 4 is 5.97 Å². The Morgan fingerprint density at radius 2 is 2.12 bits per heavy atom. The Labute approximate surface area is 96.2 Å². The molecule has 0 aromatic carbocycles. The highest BCUT2D eigenvalue weighted by molar-refractivity contribution is 5.72. The van der Waals surface area contributed by atoms with Gasteiger partial charge in [0, 0.05) is 6.61 Å². The van der Waals surface area contributed by atoms with Crippen LogP contribution in [-0.4, -0.2) is 32.1 Å². The monoisotopic (exact) mass is 228 g/mol. The van der Waals surface area contributed by atoms with Gasteiger partial charge in [0.05, 0.1) is 19.1 Å². The highest BCUT2D eigenvalue weighted by Gasteiger charge is 2.33. The standard InChI is InChI=1S/C12H20O4/c1-14-12(13)9-5-6-10(8-9)16-11-4-2-3-7-15-11/h9-11H,2-8H2,1H3. The molecule has 16 heavy (non-hydrogen) atoms. The summed E-state index contributed by atoms with van der Waals surface area (Å²) in [4.78, 5) is 11.3. The second-order valence-electron chi connectivity index (χ2n) is 4.59. The van der Waals surface area contributed by atoms with E-state index in [0.29, 0.717) is 0 Å². The fraction of sp³-hybridized carbons (Fsp3) is 0.917. The molecule has 3 unspecified atom stereocenters. The first-order chi connectivity index (χ1) is 7.79. The largest absolute Gasteiger partial charge is 0.469 e. The molecule has 0 aromatic heterocycles. The van der Waals surface area contributed by atoms with Crippen LogP contribution in [0.4, 0.5) is 0 Å². The molecule has 0 amide bonds. The zero-order valence-corrected chi connectivity index (χ0v) is 9.81. The smallest absolute Gasteiger partial charge is 0.308 e. The molecule has 4 nitrogen and oxygen atoms in total. The second kappa shape index (κ2) is 5.64. The zero-order valence-electron chi connectivity index (χ0n) is 9.81. The molecule has 2 rings (SSSR count). The van der Waals surface area contributed by atoms with Crippen molar-refractivity contribution in [2.75, 3.05) is 13.7 Å². The Hall–Kier alpha value is -0.610. The van der Waals surface area contributed by atoms with Gasteiger partial charge in [0.1, 0.15) is 0 Å². The number of methoxy groups -OCH3 is 1. The van der Waals surface area contributed by atoms with Crippen LogP contribution < -0.4 is 0 Å². The first-order valence-corrected chi connectivity index (χ1v) is 6.14. The minimum Gasteiger partial charge on any atom is -0.469 e. The first kappa shape index (κ1) is 11.9. The van der Waals surface area contributed by atoms with Gasteiger partial charge in [-0.2, -0.15) is 0 Å². The predicted octanol–water partition coefficient (Wildman–Crippen LogP) is 1.87. The summed E-state index contributed by atoms with van der Waals surface area (Å²) in [5, 5.41) is 0. The molecular formula is C12H20O4. The molecule has 1 aliphatic heterocycles. The Bertz CT molecular complexity index is 235. The fourth-order valence-corrected chi connectivity index (χ4v) is 2.48. The maximum atomic E-state index is 11.3. The maximum absolute atomic E-state index is 11.3. The van der Waals surface area contributed by atoms with E-state index in [4.69, 9.17) is 14.2 Å². The average molecular weight is 228 g/mol. The van der Waals surface area contributed by atoms with Crippen LogP contribution in [0.5, 0.6) is 0 Å². The summed E-state index contributed by atoms with van der Waals surface area (Å²) in [7, 11) is 1.45. The summed E-state index contributed by atoms with van der Waals surface area (Å²) in [5.74, 6) is -0.0748. The van der Waals surface area contributed by atoms with Gasteiger partial charge in [0.25, 0.3) is 0 Å². The molecule has 1 heterocycles. The van der Waals surface area contributed by atoms with Crippen molar-refractivity contribution in [1.29, 1.82) is 0 Å². The molecule has 0 aromatic rings. The van der Waals surface area contributed by atoms with Gasteiger partial charge >= 0.3 is 5.97 Å². The highest BCUT2D eigenvalue weighted by Crippen LogP contribution is 2.30. The predicted molar refractivity (Wildman–Crippen MR) is 57.8 cm³/mol. The molecule has 3 atom stereocenters. The molecule has 92 valence electrons. The second-order valence-corrected chi connectivity index (χ2v) is 4.59. The highest BCUT2D eigenvalue weighted by atomic mass is 16.7. The molecule has 1 aliphatic carbocycles. The number of carbonyl (C=O) groups excluding carboxylic acids is 1. The lowest BCUT2D eigenvalue weighted by atomic mass is 10.1. The Balaban J connectivity index is 1.73. The lowest BCUT2D eigenvalue weighted by Gasteiger charge is -2.25. The molecule has 1 saturated carbocycles. The van der Waals surface area contributed by atoms with E-state index in [1.165, 1.54) is 13.5 Å². The quantitative estimate of drug-likeness (QED) is 0.692. The first-order valence-electron chi connectivity index (χ1n) is 6.14. The normalized spacial score (nSPS) is 34.9. The van der Waals surface area contributed by atoms with E-state index in [-0.39, 0.29) is 24.3 Å². The van der Waals surface area contributed by atoms with E-state index in [2.05, 4.69) is 0 Å². The summed E-state index contributed by atoms with van der Waals surface area (Å²) in [6.45, 7) is 0.803. The molecule has 0 bridgehead atoms. The van der Waals surface area contributed by atoms with Crippen LogP contribution in [-0.2, 0) is 19.0 Å². The van der Waals surface area contributed by atoms with E-state index in [0.717, 1.165) is 38.7 Å². The molecule has 0 spiro atoms. The van der Waals surface area contributed by atoms with Gasteiger partial charge in [-0.1, -0.05) is 0 Å². The minimum atomic E-state index is -0.101. The van der Waals surface area contributed by atoms with Crippen molar-refractivity contribution in [3.8, 4) is 0 Å². The maximum Gasteiger partial charge on any atom is 0.308 e. The molecule has 0 N–H and O–H groups in total. The van der Waals surface area contributed by atoms with Crippen molar-refractivity contribution in [2.45, 2.75) is 50.9 Å². The lowest BCUT2D eigenvalue weighted by Crippen LogP contribution is -2.27. The van der Waals surface area contributed by atoms with Gasteiger partial charge in [-0.15, -0.1) is 0 Å². The Morgan fingerprint density at radius 1 is 1.25 bits per heavy atom. The van der Waals surface area contributed by atoms with Gasteiger partial charge in [-0.25, -0.2) is 0 Å². The van der Waals surface area contributed by atoms with Crippen LogP contribution in [0.1, 0.15) is 38.5 Å². The van der Waals surface area contributed by atoms with Crippen LogP contribution >= 0.6 is 0 Å². The summed E-state index contributed by atoms with van der Waals surface area (Å²) >= 11 is 0. The summed E-state index contributed by atoms with van der Waals surface area (Å²) in [5.41, 5.74) is 0. The Morgan fingerprint density at radius 3 is 2.81 bits per heavy atom. The summed E-state index contributed by atoms with van der Waals surface area (Å²) in [6.07, 6.45) is 6.03. The third kappa shape index (κ3) is 2.95. The SMILES string of the molecule is COC(=O)C1CCC(OC2CCCCO2)C1. The van der Waals surface area contributed by atoms with Crippen LogP contribution in [0.3, 0.4) is 0 Å². The van der Waals surface area contributed by atoms with Crippen molar-refractivity contribution in [2.24, 2.45) is 5.92 Å². The number of rotatable bonds is 3. The third-order valence-corrected chi connectivity index (χ3v) is 3.40.